The number of fused-ring (bicyclic) bond motifs is 1. The van der Waals surface area contributed by atoms with Crippen LogP contribution in [0.2, 0.25) is 0 Å². The number of hydrogen-bond acceptors (Lipinski definition) is 4. The first-order valence-corrected chi connectivity index (χ1v) is 5.90. The van der Waals surface area contributed by atoms with Gasteiger partial charge in [-0.25, -0.2) is 18.3 Å². The maximum atomic E-state index is 11.8. The molecule has 0 aliphatic carbocycles. The molecule has 2 rings (SSSR count). The fraction of sp³-hybridized carbons (Fsp3) is 0.636. The molecule has 0 bridgehead atoms. The SMILES string of the molecule is O=C(O)c1cc2n(n1)CC(CCCOCC(F)F)O2. The Morgan fingerprint density at radius 1 is 1.68 bits per heavy atom. The Hall–Kier alpha value is -1.70. The van der Waals surface area contributed by atoms with Crippen LogP contribution in [0.25, 0.3) is 0 Å². The van der Waals surface area contributed by atoms with Gasteiger partial charge in [0.15, 0.2) is 5.69 Å². The predicted octanol–water partition coefficient (Wildman–Crippen LogP) is 1.40. The van der Waals surface area contributed by atoms with Gasteiger partial charge in [0.05, 0.1) is 6.54 Å². The molecule has 1 atom stereocenters. The first-order valence-electron chi connectivity index (χ1n) is 5.90. The average Bonchev–Trinajstić information content (AvgIpc) is 2.85. The summed E-state index contributed by atoms with van der Waals surface area (Å²) >= 11 is 0. The van der Waals surface area contributed by atoms with Crippen LogP contribution in [-0.4, -0.2) is 46.6 Å². The van der Waals surface area contributed by atoms with Crippen LogP contribution in [0, 0.1) is 0 Å². The second kappa shape index (κ2) is 5.96. The van der Waals surface area contributed by atoms with Crippen molar-refractivity contribution in [3.05, 3.63) is 11.8 Å². The molecule has 1 aliphatic heterocycles. The molecule has 0 amide bonds. The Morgan fingerprint density at radius 3 is 3.11 bits per heavy atom. The summed E-state index contributed by atoms with van der Waals surface area (Å²) in [4.78, 5) is 10.7. The molecule has 19 heavy (non-hydrogen) atoms. The van der Waals surface area contributed by atoms with Gasteiger partial charge in [-0.2, -0.15) is 5.10 Å². The standard InChI is InChI=1S/C11H14F2N2O4/c12-9(13)6-18-3-1-2-7-5-15-10(19-7)4-8(14-15)11(16)17/h4,7,9H,1-3,5-6H2,(H,16,17). The van der Waals surface area contributed by atoms with E-state index in [1.807, 2.05) is 0 Å². The van der Waals surface area contributed by atoms with Gasteiger partial charge in [-0.05, 0) is 12.8 Å². The largest absolute Gasteiger partial charge is 0.476 e. The molecule has 1 aliphatic rings. The number of hydrogen-bond donors (Lipinski definition) is 1. The minimum Gasteiger partial charge on any atom is -0.476 e. The van der Waals surface area contributed by atoms with E-state index in [1.54, 1.807) is 0 Å². The van der Waals surface area contributed by atoms with Gasteiger partial charge in [0.2, 0.25) is 5.88 Å². The van der Waals surface area contributed by atoms with Crippen molar-refractivity contribution in [2.45, 2.75) is 31.9 Å². The molecule has 2 heterocycles. The van der Waals surface area contributed by atoms with Crippen LogP contribution in [0.5, 0.6) is 5.88 Å². The monoisotopic (exact) mass is 276 g/mol. The van der Waals surface area contributed by atoms with E-state index in [-0.39, 0.29) is 18.4 Å². The molecule has 0 aromatic carbocycles. The molecule has 6 nitrogen and oxygen atoms in total. The number of aromatic nitrogens is 2. The summed E-state index contributed by atoms with van der Waals surface area (Å²) in [6, 6.07) is 1.37. The molecule has 1 N–H and O–H groups in total. The first kappa shape index (κ1) is 13.7. The Bertz CT molecular complexity index is 426. The van der Waals surface area contributed by atoms with E-state index in [2.05, 4.69) is 5.10 Å². The van der Waals surface area contributed by atoms with Crippen molar-refractivity contribution in [1.29, 1.82) is 0 Å². The van der Waals surface area contributed by atoms with Gasteiger partial charge in [-0.15, -0.1) is 0 Å². The molecule has 0 radical (unpaired) electrons. The summed E-state index contributed by atoms with van der Waals surface area (Å²) in [6.07, 6.45) is -1.30. The first-order chi connectivity index (χ1) is 9.06. The zero-order valence-electron chi connectivity index (χ0n) is 10.1. The quantitative estimate of drug-likeness (QED) is 0.762. The number of nitrogens with zero attached hydrogens (tertiary/aromatic N) is 2. The average molecular weight is 276 g/mol. The smallest absolute Gasteiger partial charge is 0.356 e. The van der Waals surface area contributed by atoms with Gasteiger partial charge < -0.3 is 14.6 Å². The van der Waals surface area contributed by atoms with Crippen LogP contribution in [0.15, 0.2) is 6.07 Å². The van der Waals surface area contributed by atoms with Gasteiger partial charge in [0, 0.05) is 12.7 Å². The predicted molar refractivity (Wildman–Crippen MR) is 59.7 cm³/mol. The van der Waals surface area contributed by atoms with E-state index in [0.29, 0.717) is 25.3 Å². The van der Waals surface area contributed by atoms with Gasteiger partial charge in [0.1, 0.15) is 12.7 Å². The van der Waals surface area contributed by atoms with Gasteiger partial charge >= 0.3 is 5.97 Å². The Kier molecular flexibility index (Phi) is 4.31. The summed E-state index contributed by atoms with van der Waals surface area (Å²) in [7, 11) is 0. The van der Waals surface area contributed by atoms with Gasteiger partial charge in [0.25, 0.3) is 6.43 Å². The minimum atomic E-state index is -2.44. The van der Waals surface area contributed by atoms with Crippen molar-refractivity contribution in [3.8, 4) is 5.88 Å². The minimum absolute atomic E-state index is 0.0475. The number of carbonyl (C=O) groups is 1. The Morgan fingerprint density at radius 2 is 2.47 bits per heavy atom. The second-order valence-corrected chi connectivity index (χ2v) is 4.20. The summed E-state index contributed by atoms with van der Waals surface area (Å²) in [5.74, 6) is -0.668. The Balaban J connectivity index is 1.69. The highest BCUT2D eigenvalue weighted by atomic mass is 19.3. The topological polar surface area (TPSA) is 73.6 Å². The molecule has 0 saturated heterocycles. The van der Waals surface area contributed by atoms with Crippen LogP contribution >= 0.6 is 0 Å². The summed E-state index contributed by atoms with van der Waals surface area (Å²) < 4.78 is 35.3. The maximum absolute atomic E-state index is 11.8. The van der Waals surface area contributed by atoms with Crippen LogP contribution in [0.4, 0.5) is 8.78 Å². The van der Waals surface area contributed by atoms with E-state index in [1.165, 1.54) is 10.7 Å². The van der Waals surface area contributed by atoms with Crippen molar-refractivity contribution >= 4 is 5.97 Å². The van der Waals surface area contributed by atoms with Crippen LogP contribution in [0.3, 0.4) is 0 Å². The highest BCUT2D eigenvalue weighted by Crippen LogP contribution is 2.24. The number of halogens is 2. The molecule has 106 valence electrons. The zero-order valence-corrected chi connectivity index (χ0v) is 10.1. The normalized spacial score (nSPS) is 17.5. The van der Waals surface area contributed by atoms with Crippen LogP contribution < -0.4 is 4.74 Å². The summed E-state index contributed by atoms with van der Waals surface area (Å²) in [5.41, 5.74) is -0.0475. The third kappa shape index (κ3) is 3.63. The van der Waals surface area contributed by atoms with Crippen molar-refractivity contribution in [1.82, 2.24) is 9.78 Å². The molecular weight excluding hydrogens is 262 g/mol. The van der Waals surface area contributed by atoms with E-state index < -0.39 is 19.0 Å². The fourth-order valence-electron chi connectivity index (χ4n) is 1.87. The number of aromatic carboxylic acids is 1. The number of alkyl halides is 2. The van der Waals surface area contributed by atoms with Crippen molar-refractivity contribution in [3.63, 3.8) is 0 Å². The fourth-order valence-corrected chi connectivity index (χ4v) is 1.87. The number of carboxylic acid groups (broad SMARTS) is 1. The van der Waals surface area contributed by atoms with E-state index in [9.17, 15) is 13.6 Å². The van der Waals surface area contributed by atoms with Crippen molar-refractivity contribution in [2.75, 3.05) is 13.2 Å². The van der Waals surface area contributed by atoms with Crippen molar-refractivity contribution < 1.29 is 28.2 Å². The highest BCUT2D eigenvalue weighted by Gasteiger charge is 2.25. The maximum Gasteiger partial charge on any atom is 0.356 e. The van der Waals surface area contributed by atoms with E-state index in [4.69, 9.17) is 14.6 Å². The number of ether oxygens (including phenoxy) is 2. The zero-order chi connectivity index (χ0) is 13.8. The summed E-state index contributed by atoms with van der Waals surface area (Å²) in [5, 5.41) is 12.6. The van der Waals surface area contributed by atoms with Crippen LogP contribution in [-0.2, 0) is 11.3 Å². The molecule has 1 aromatic heterocycles. The molecule has 0 fully saturated rings. The lowest BCUT2D eigenvalue weighted by Gasteiger charge is -2.09. The molecule has 1 unspecified atom stereocenters. The second-order valence-electron chi connectivity index (χ2n) is 4.20. The van der Waals surface area contributed by atoms with Crippen LogP contribution in [0.1, 0.15) is 23.3 Å². The third-order valence-electron chi connectivity index (χ3n) is 2.68. The molecule has 0 spiro atoms. The van der Waals surface area contributed by atoms with E-state index in [0.717, 1.165) is 0 Å². The van der Waals surface area contributed by atoms with Gasteiger partial charge in [-0.3, -0.25) is 0 Å². The molecular formula is C11H14F2N2O4. The van der Waals surface area contributed by atoms with Crippen molar-refractivity contribution in [2.24, 2.45) is 0 Å². The van der Waals surface area contributed by atoms with Gasteiger partial charge in [-0.1, -0.05) is 0 Å². The van der Waals surface area contributed by atoms with E-state index >= 15 is 0 Å². The number of carboxylic acids is 1. The molecule has 1 aromatic rings. The molecule has 0 saturated carbocycles. The Labute approximate surface area is 107 Å². The number of rotatable bonds is 7. The lowest BCUT2D eigenvalue weighted by Crippen LogP contribution is -2.17. The lowest BCUT2D eigenvalue weighted by atomic mass is 10.2. The highest BCUT2D eigenvalue weighted by molar-refractivity contribution is 5.85. The molecule has 8 heteroatoms. The lowest BCUT2D eigenvalue weighted by molar-refractivity contribution is 0.0142. The summed E-state index contributed by atoms with van der Waals surface area (Å²) in [6.45, 7) is 0.180. The third-order valence-corrected chi connectivity index (χ3v) is 2.68.